The van der Waals surface area contributed by atoms with Crippen LogP contribution in [0.25, 0.3) is 6.08 Å². The smallest absolute Gasteiger partial charge is 0.338 e. The van der Waals surface area contributed by atoms with Crippen LogP contribution < -0.4 is 11.5 Å². The van der Waals surface area contributed by atoms with Gasteiger partial charge in [0.05, 0.1) is 24.9 Å². The summed E-state index contributed by atoms with van der Waals surface area (Å²) >= 11 is 0. The number of rotatable bonds is 11. The van der Waals surface area contributed by atoms with Crippen LogP contribution in [0.3, 0.4) is 0 Å². The quantitative estimate of drug-likeness (QED) is 0.158. The highest BCUT2D eigenvalue weighted by atomic mass is 16.5. The number of ether oxygens (including phenoxy) is 3. The molecule has 0 aromatic heterocycles. The van der Waals surface area contributed by atoms with Gasteiger partial charge in [0.1, 0.15) is 6.10 Å². The zero-order valence-corrected chi connectivity index (χ0v) is 20.0. The molecule has 1 aliphatic carbocycles. The van der Waals surface area contributed by atoms with Crippen LogP contribution >= 0.6 is 0 Å². The third-order valence-electron chi connectivity index (χ3n) is 5.80. The molecule has 2 aromatic rings. The fraction of sp³-hybridized carbons (Fsp3) is 0.357. The van der Waals surface area contributed by atoms with E-state index in [1.165, 1.54) is 6.08 Å². The molecule has 7 nitrogen and oxygen atoms in total. The van der Waals surface area contributed by atoms with Crippen molar-refractivity contribution in [1.82, 2.24) is 0 Å². The number of anilines is 2. The van der Waals surface area contributed by atoms with E-state index in [0.29, 0.717) is 30.0 Å². The Morgan fingerprint density at radius 3 is 2.26 bits per heavy atom. The second-order valence-electron chi connectivity index (χ2n) is 8.63. The van der Waals surface area contributed by atoms with Gasteiger partial charge in [0.15, 0.2) is 0 Å². The average Bonchev–Trinajstić information content (AvgIpc) is 2.84. The molecule has 0 spiro atoms. The number of hydrogen-bond acceptors (Lipinski definition) is 7. The molecule has 0 aliphatic heterocycles. The maximum Gasteiger partial charge on any atom is 0.338 e. The minimum Gasteiger partial charge on any atom is -0.462 e. The number of benzene rings is 2. The molecule has 1 saturated carbocycles. The highest BCUT2D eigenvalue weighted by Crippen LogP contribution is 2.24. The predicted octanol–water partition coefficient (Wildman–Crippen LogP) is 4.71. The lowest BCUT2D eigenvalue weighted by atomic mass is 9.95. The summed E-state index contributed by atoms with van der Waals surface area (Å²) in [4.78, 5) is 24.5. The lowest BCUT2D eigenvalue weighted by molar-refractivity contribution is -0.137. The third kappa shape index (κ3) is 8.94. The van der Waals surface area contributed by atoms with E-state index in [2.05, 4.69) is 6.58 Å². The van der Waals surface area contributed by atoms with E-state index in [4.69, 9.17) is 25.7 Å². The monoisotopic (exact) mass is 478 g/mol. The topological polar surface area (TPSA) is 114 Å². The molecule has 2 aromatic carbocycles. The summed E-state index contributed by atoms with van der Waals surface area (Å²) in [5.41, 5.74) is 14.9. The van der Waals surface area contributed by atoms with Crippen LogP contribution in [-0.2, 0) is 25.4 Å². The van der Waals surface area contributed by atoms with Crippen molar-refractivity contribution in [2.45, 2.75) is 50.7 Å². The largest absolute Gasteiger partial charge is 0.462 e. The summed E-state index contributed by atoms with van der Waals surface area (Å²) in [6, 6.07) is 12.2. The molecule has 0 radical (unpaired) electrons. The number of esters is 2. The van der Waals surface area contributed by atoms with Crippen molar-refractivity contribution < 1.29 is 23.8 Å². The predicted molar refractivity (Wildman–Crippen MR) is 138 cm³/mol. The Kier molecular flexibility index (Phi) is 9.93. The molecule has 0 bridgehead atoms. The van der Waals surface area contributed by atoms with Gasteiger partial charge in [-0.05, 0) is 79.6 Å². The molecule has 0 amide bonds. The minimum absolute atomic E-state index is 0.0835. The van der Waals surface area contributed by atoms with Gasteiger partial charge in [-0.1, -0.05) is 18.2 Å². The van der Waals surface area contributed by atoms with Gasteiger partial charge in [-0.25, -0.2) is 9.59 Å². The van der Waals surface area contributed by atoms with Crippen LogP contribution in [0.5, 0.6) is 0 Å². The van der Waals surface area contributed by atoms with Crippen molar-refractivity contribution in [3.63, 3.8) is 0 Å². The Bertz CT molecular complexity index is 1000. The third-order valence-corrected chi connectivity index (χ3v) is 5.80. The van der Waals surface area contributed by atoms with Crippen molar-refractivity contribution >= 4 is 29.4 Å². The Morgan fingerprint density at radius 1 is 0.943 bits per heavy atom. The zero-order chi connectivity index (χ0) is 25.0. The molecule has 0 atom stereocenters. The molecule has 4 N–H and O–H groups in total. The van der Waals surface area contributed by atoms with Crippen molar-refractivity contribution in [3.8, 4) is 0 Å². The summed E-state index contributed by atoms with van der Waals surface area (Å²) in [5, 5.41) is 0. The van der Waals surface area contributed by atoms with E-state index in [9.17, 15) is 9.59 Å². The SMILES string of the molecule is C=CCCOC1CCC(OC(=O)c2ccc(C=CC(=O)OCCc3cc(N)cc(N)c3)cc2)CC1. The van der Waals surface area contributed by atoms with E-state index >= 15 is 0 Å². The summed E-state index contributed by atoms with van der Waals surface area (Å²) < 4.78 is 16.7. The van der Waals surface area contributed by atoms with Gasteiger partial charge in [0.25, 0.3) is 0 Å². The normalized spacial score (nSPS) is 17.7. The Hall–Kier alpha value is -3.58. The molecule has 0 unspecified atom stereocenters. The molecule has 1 aliphatic rings. The summed E-state index contributed by atoms with van der Waals surface area (Å²) in [5.74, 6) is -0.785. The van der Waals surface area contributed by atoms with Gasteiger partial charge in [-0.3, -0.25) is 0 Å². The minimum atomic E-state index is -0.450. The van der Waals surface area contributed by atoms with Gasteiger partial charge in [-0.15, -0.1) is 6.58 Å². The zero-order valence-electron chi connectivity index (χ0n) is 20.0. The summed E-state index contributed by atoms with van der Waals surface area (Å²) in [6.45, 7) is 4.61. The molecular weight excluding hydrogens is 444 g/mol. The van der Waals surface area contributed by atoms with E-state index in [1.54, 1.807) is 48.5 Å². The Balaban J connectivity index is 1.39. The van der Waals surface area contributed by atoms with Crippen LogP contribution in [-0.4, -0.2) is 37.4 Å². The van der Waals surface area contributed by atoms with Gasteiger partial charge in [-0.2, -0.15) is 0 Å². The first-order valence-corrected chi connectivity index (χ1v) is 12.0. The van der Waals surface area contributed by atoms with Crippen molar-refractivity contribution in [3.05, 3.63) is 77.9 Å². The highest BCUT2D eigenvalue weighted by Gasteiger charge is 2.24. The van der Waals surface area contributed by atoms with Gasteiger partial charge < -0.3 is 25.7 Å². The average molecular weight is 479 g/mol. The molecule has 7 heteroatoms. The standard InChI is InChI=1S/C28H34N2O5/c1-2-3-15-33-25-9-11-26(12-10-25)35-28(32)22-7-4-20(5-8-22)6-13-27(31)34-16-14-21-17-23(29)19-24(30)18-21/h2,4-8,13,17-19,25-26H,1,3,9-12,14-16,29-30H2. The summed E-state index contributed by atoms with van der Waals surface area (Å²) in [6.07, 6.45) is 9.76. The number of carbonyl (C=O) groups is 2. The highest BCUT2D eigenvalue weighted by molar-refractivity contribution is 5.90. The molecule has 0 saturated heterocycles. The molecule has 0 heterocycles. The fourth-order valence-electron chi connectivity index (χ4n) is 3.96. The van der Waals surface area contributed by atoms with Crippen molar-refractivity contribution in [2.75, 3.05) is 24.7 Å². The Labute approximate surface area is 206 Å². The van der Waals surface area contributed by atoms with Crippen LogP contribution in [0, 0.1) is 0 Å². The lowest BCUT2D eigenvalue weighted by Crippen LogP contribution is -2.28. The molecule has 3 rings (SSSR count). The number of hydrogen-bond donors (Lipinski definition) is 2. The van der Waals surface area contributed by atoms with Gasteiger partial charge >= 0.3 is 11.9 Å². The number of carbonyl (C=O) groups excluding carboxylic acids is 2. The van der Waals surface area contributed by atoms with E-state index < -0.39 is 5.97 Å². The van der Waals surface area contributed by atoms with Crippen LogP contribution in [0.15, 0.2) is 61.2 Å². The van der Waals surface area contributed by atoms with E-state index in [-0.39, 0.29) is 24.8 Å². The fourth-order valence-corrected chi connectivity index (χ4v) is 3.96. The first-order chi connectivity index (χ1) is 16.9. The maximum atomic E-state index is 12.5. The Morgan fingerprint density at radius 2 is 1.60 bits per heavy atom. The van der Waals surface area contributed by atoms with Gasteiger partial charge in [0, 0.05) is 23.9 Å². The van der Waals surface area contributed by atoms with Crippen LogP contribution in [0.4, 0.5) is 11.4 Å². The van der Waals surface area contributed by atoms with E-state index in [1.807, 2.05) is 6.08 Å². The first-order valence-electron chi connectivity index (χ1n) is 12.0. The van der Waals surface area contributed by atoms with Crippen molar-refractivity contribution in [1.29, 1.82) is 0 Å². The molecule has 186 valence electrons. The first kappa shape index (κ1) is 26.0. The molecule has 1 fully saturated rings. The number of nitrogen functional groups attached to an aromatic ring is 2. The van der Waals surface area contributed by atoms with Crippen molar-refractivity contribution in [2.24, 2.45) is 0 Å². The second-order valence-corrected chi connectivity index (χ2v) is 8.63. The van der Waals surface area contributed by atoms with Gasteiger partial charge in [0.2, 0.25) is 0 Å². The molecule has 35 heavy (non-hydrogen) atoms. The van der Waals surface area contributed by atoms with Crippen LogP contribution in [0.1, 0.15) is 53.6 Å². The molecular formula is C28H34N2O5. The van der Waals surface area contributed by atoms with E-state index in [0.717, 1.165) is 43.2 Å². The lowest BCUT2D eigenvalue weighted by Gasteiger charge is -2.28. The second kappa shape index (κ2) is 13.3. The van der Waals surface area contributed by atoms with Crippen LogP contribution in [0.2, 0.25) is 0 Å². The maximum absolute atomic E-state index is 12.5. The summed E-state index contributed by atoms with van der Waals surface area (Å²) in [7, 11) is 0. The number of nitrogens with two attached hydrogens (primary N) is 2.